The maximum atomic E-state index is 12.0. The summed E-state index contributed by atoms with van der Waals surface area (Å²) in [6.07, 6.45) is 0.999. The van der Waals surface area contributed by atoms with Crippen molar-refractivity contribution < 1.29 is 9.53 Å². The molecule has 0 unspecified atom stereocenters. The molecule has 1 N–H and O–H groups in total. The van der Waals surface area contributed by atoms with Gasteiger partial charge in [-0.05, 0) is 55.2 Å². The number of nitrogens with zero attached hydrogens (tertiary/aromatic N) is 1. The van der Waals surface area contributed by atoms with Crippen LogP contribution in [0.15, 0.2) is 30.3 Å². The van der Waals surface area contributed by atoms with Crippen molar-refractivity contribution >= 4 is 23.3 Å². The highest BCUT2D eigenvalue weighted by atomic mass is 35.5. The molecule has 5 heteroatoms. The highest BCUT2D eigenvalue weighted by Gasteiger charge is 2.16. The summed E-state index contributed by atoms with van der Waals surface area (Å²) in [5.41, 5.74) is 5.14. The Bertz CT molecular complexity index is 775. The number of anilines is 1. The van der Waals surface area contributed by atoms with E-state index in [2.05, 4.69) is 31.3 Å². The summed E-state index contributed by atoms with van der Waals surface area (Å²) in [6.45, 7) is 6.57. The average molecular weight is 361 g/mol. The summed E-state index contributed by atoms with van der Waals surface area (Å²) < 4.78 is 6.05. The zero-order chi connectivity index (χ0) is 18.6. The van der Waals surface area contributed by atoms with E-state index < -0.39 is 0 Å². The molecule has 2 aromatic rings. The molecule has 134 valence electrons. The molecule has 0 heterocycles. The van der Waals surface area contributed by atoms with Gasteiger partial charge in [-0.3, -0.25) is 4.90 Å². The molecule has 0 radical (unpaired) electrons. The first-order valence-electron chi connectivity index (χ1n) is 8.34. The number of hydrogen-bond donors (Lipinski definition) is 1. The molecule has 0 aliphatic rings. The molecular formula is C20H25ClN2O2. The number of ether oxygens (including phenoxy) is 1. The van der Waals surface area contributed by atoms with E-state index in [-0.39, 0.29) is 6.03 Å². The lowest BCUT2D eigenvalue weighted by Gasteiger charge is -2.22. The number of urea groups is 1. The van der Waals surface area contributed by atoms with Crippen molar-refractivity contribution in [2.24, 2.45) is 0 Å². The summed E-state index contributed by atoms with van der Waals surface area (Å²) in [5, 5.41) is 3.19. The van der Waals surface area contributed by atoms with Crippen molar-refractivity contribution in [3.05, 3.63) is 57.6 Å². The molecule has 0 atom stereocenters. The van der Waals surface area contributed by atoms with Gasteiger partial charge in [-0.1, -0.05) is 30.7 Å². The topological polar surface area (TPSA) is 41.6 Å². The predicted octanol–water partition coefficient (Wildman–Crippen LogP) is 4.87. The maximum absolute atomic E-state index is 12.0. The molecular weight excluding hydrogens is 336 g/mol. The molecule has 0 bridgehead atoms. The van der Waals surface area contributed by atoms with Crippen LogP contribution in [0.5, 0.6) is 5.75 Å². The normalized spacial score (nSPS) is 10.5. The lowest BCUT2D eigenvalue weighted by molar-refractivity contribution is 0.249. The molecule has 0 saturated heterocycles. The monoisotopic (exact) mass is 360 g/mol. The lowest BCUT2D eigenvalue weighted by Crippen LogP contribution is -2.35. The molecule has 0 saturated carbocycles. The average Bonchev–Trinajstić information content (AvgIpc) is 2.61. The van der Waals surface area contributed by atoms with Crippen molar-refractivity contribution in [3.63, 3.8) is 0 Å². The smallest absolute Gasteiger partial charge is 0.321 e. The third-order valence-electron chi connectivity index (χ3n) is 4.36. The van der Waals surface area contributed by atoms with Crippen molar-refractivity contribution in [3.8, 4) is 5.75 Å². The largest absolute Gasteiger partial charge is 0.488 e. The first-order valence-corrected chi connectivity index (χ1v) is 8.72. The van der Waals surface area contributed by atoms with E-state index in [1.54, 1.807) is 20.2 Å². The van der Waals surface area contributed by atoms with Gasteiger partial charge in [0.25, 0.3) is 0 Å². The van der Waals surface area contributed by atoms with E-state index in [0.717, 1.165) is 29.0 Å². The minimum Gasteiger partial charge on any atom is -0.488 e. The summed E-state index contributed by atoms with van der Waals surface area (Å²) >= 11 is 6.37. The number of amides is 2. The number of aryl methyl sites for hydroxylation is 3. The van der Waals surface area contributed by atoms with Crippen LogP contribution in [0.2, 0.25) is 5.02 Å². The van der Waals surface area contributed by atoms with Gasteiger partial charge < -0.3 is 10.1 Å². The van der Waals surface area contributed by atoms with Gasteiger partial charge in [-0.15, -0.1) is 0 Å². The number of halogens is 1. The third-order valence-corrected chi connectivity index (χ3v) is 4.71. The molecule has 0 aliphatic heterocycles. The van der Waals surface area contributed by atoms with Crippen molar-refractivity contribution in [2.75, 3.05) is 19.0 Å². The number of benzene rings is 2. The fourth-order valence-electron chi connectivity index (χ4n) is 2.82. The van der Waals surface area contributed by atoms with Gasteiger partial charge in [0.2, 0.25) is 0 Å². The first kappa shape index (κ1) is 19.1. The van der Waals surface area contributed by atoms with Crippen LogP contribution in [-0.4, -0.2) is 20.1 Å². The van der Waals surface area contributed by atoms with Gasteiger partial charge >= 0.3 is 6.03 Å². The van der Waals surface area contributed by atoms with Crippen LogP contribution in [0.4, 0.5) is 10.5 Å². The predicted molar refractivity (Wildman–Crippen MR) is 104 cm³/mol. The van der Waals surface area contributed by atoms with E-state index in [1.165, 1.54) is 16.0 Å². The van der Waals surface area contributed by atoms with Gasteiger partial charge in [-0.2, -0.15) is 0 Å². The molecule has 4 nitrogen and oxygen atoms in total. The van der Waals surface area contributed by atoms with Gasteiger partial charge in [-0.25, -0.2) is 4.79 Å². The minimum atomic E-state index is -0.206. The number of nitrogens with one attached hydrogen (secondary N) is 1. The SMILES string of the molecule is CCc1cc(C)c(OCc2c(Cl)cccc2N(C)C(=O)NC)cc1C. The molecule has 0 fully saturated rings. The van der Waals surface area contributed by atoms with Crippen LogP contribution < -0.4 is 15.0 Å². The molecule has 25 heavy (non-hydrogen) atoms. The fraction of sp³-hybridized carbons (Fsp3) is 0.350. The Labute approximate surface area is 154 Å². The Morgan fingerprint density at radius 1 is 1.24 bits per heavy atom. The van der Waals surface area contributed by atoms with E-state index in [9.17, 15) is 4.79 Å². The maximum Gasteiger partial charge on any atom is 0.321 e. The van der Waals surface area contributed by atoms with Gasteiger partial charge in [0.05, 0.1) is 5.69 Å². The van der Waals surface area contributed by atoms with Crippen LogP contribution in [0.3, 0.4) is 0 Å². The first-order chi connectivity index (χ1) is 11.9. The Morgan fingerprint density at radius 3 is 2.60 bits per heavy atom. The summed E-state index contributed by atoms with van der Waals surface area (Å²) in [5.74, 6) is 0.836. The minimum absolute atomic E-state index is 0.206. The highest BCUT2D eigenvalue weighted by molar-refractivity contribution is 6.31. The fourth-order valence-corrected chi connectivity index (χ4v) is 3.04. The summed E-state index contributed by atoms with van der Waals surface area (Å²) in [4.78, 5) is 13.5. The highest BCUT2D eigenvalue weighted by Crippen LogP contribution is 2.30. The molecule has 0 spiro atoms. The molecule has 2 amide bonds. The standard InChI is InChI=1S/C20H25ClN2O2/c1-6-15-10-14(3)19(11-13(15)2)25-12-16-17(21)8-7-9-18(16)23(5)20(24)22-4/h7-11H,6,12H2,1-5H3,(H,22,24). The van der Waals surface area contributed by atoms with Gasteiger partial charge in [0, 0.05) is 24.7 Å². The Hall–Kier alpha value is -2.20. The Balaban J connectivity index is 2.30. The number of rotatable bonds is 5. The quantitative estimate of drug-likeness (QED) is 0.826. The Morgan fingerprint density at radius 2 is 1.96 bits per heavy atom. The van der Waals surface area contributed by atoms with Crippen molar-refractivity contribution in [2.45, 2.75) is 33.8 Å². The zero-order valence-electron chi connectivity index (χ0n) is 15.4. The summed E-state index contributed by atoms with van der Waals surface area (Å²) in [7, 11) is 3.31. The third kappa shape index (κ3) is 4.26. The van der Waals surface area contributed by atoms with Gasteiger partial charge in [0.1, 0.15) is 12.4 Å². The van der Waals surface area contributed by atoms with Crippen LogP contribution in [0, 0.1) is 13.8 Å². The second-order valence-electron chi connectivity index (χ2n) is 6.04. The van der Waals surface area contributed by atoms with Crippen LogP contribution in [-0.2, 0) is 13.0 Å². The van der Waals surface area contributed by atoms with Crippen LogP contribution in [0.1, 0.15) is 29.2 Å². The van der Waals surface area contributed by atoms with E-state index in [1.807, 2.05) is 19.1 Å². The number of carbonyl (C=O) groups excluding carboxylic acids is 1. The van der Waals surface area contributed by atoms with Crippen molar-refractivity contribution in [1.29, 1.82) is 0 Å². The van der Waals surface area contributed by atoms with E-state index in [0.29, 0.717) is 11.6 Å². The van der Waals surface area contributed by atoms with Crippen LogP contribution >= 0.6 is 11.6 Å². The van der Waals surface area contributed by atoms with Crippen LogP contribution in [0.25, 0.3) is 0 Å². The molecule has 0 aromatic heterocycles. The van der Waals surface area contributed by atoms with Crippen molar-refractivity contribution in [1.82, 2.24) is 5.32 Å². The number of carbonyl (C=O) groups is 1. The molecule has 2 aromatic carbocycles. The lowest BCUT2D eigenvalue weighted by atomic mass is 10.0. The molecule has 0 aliphatic carbocycles. The Kier molecular flexibility index (Phi) is 6.32. The number of hydrogen-bond acceptors (Lipinski definition) is 2. The molecule has 2 rings (SSSR count). The zero-order valence-corrected chi connectivity index (χ0v) is 16.2. The van der Waals surface area contributed by atoms with E-state index in [4.69, 9.17) is 16.3 Å². The van der Waals surface area contributed by atoms with E-state index >= 15 is 0 Å². The van der Waals surface area contributed by atoms with Gasteiger partial charge in [0.15, 0.2) is 0 Å². The second-order valence-corrected chi connectivity index (χ2v) is 6.45. The summed E-state index contributed by atoms with van der Waals surface area (Å²) in [6, 6.07) is 9.51. The second kappa shape index (κ2) is 8.26.